The van der Waals surface area contributed by atoms with Gasteiger partial charge in [-0.05, 0) is 36.2 Å². The van der Waals surface area contributed by atoms with Crippen LogP contribution in [0.25, 0.3) is 0 Å². The quantitative estimate of drug-likeness (QED) is 0.741. The first-order chi connectivity index (χ1) is 11.7. The Kier molecular flexibility index (Phi) is 3.96. The summed E-state index contributed by atoms with van der Waals surface area (Å²) in [5.74, 6) is 1.15. The first-order valence-corrected chi connectivity index (χ1v) is 8.23. The summed E-state index contributed by atoms with van der Waals surface area (Å²) >= 11 is 12.0. The van der Waals surface area contributed by atoms with Crippen molar-refractivity contribution in [2.75, 3.05) is 16.8 Å². The highest BCUT2D eigenvalue weighted by Gasteiger charge is 2.21. The maximum Gasteiger partial charge on any atom is 0.249 e. The molecule has 0 saturated carbocycles. The monoisotopic (exact) mass is 357 g/mol. The van der Waals surface area contributed by atoms with E-state index in [9.17, 15) is 0 Å². The number of para-hydroxylation sites is 1. The fourth-order valence-corrected chi connectivity index (χ4v) is 3.34. The van der Waals surface area contributed by atoms with Gasteiger partial charge in [0.25, 0.3) is 0 Å². The molecule has 0 bridgehead atoms. The van der Waals surface area contributed by atoms with Gasteiger partial charge in [-0.3, -0.25) is 0 Å². The molecule has 0 amide bonds. The van der Waals surface area contributed by atoms with Gasteiger partial charge in [0.1, 0.15) is 0 Å². The molecule has 5 nitrogen and oxygen atoms in total. The van der Waals surface area contributed by atoms with Gasteiger partial charge in [-0.25, -0.2) is 0 Å². The number of halogens is 2. The summed E-state index contributed by atoms with van der Waals surface area (Å²) in [5.41, 5.74) is 3.19. The molecule has 3 aromatic rings. The molecule has 0 saturated heterocycles. The second-order valence-corrected chi connectivity index (χ2v) is 6.32. The van der Waals surface area contributed by atoms with Crippen molar-refractivity contribution in [2.45, 2.75) is 6.42 Å². The van der Waals surface area contributed by atoms with Gasteiger partial charge in [-0.15, -0.1) is 5.10 Å². The lowest BCUT2D eigenvalue weighted by Gasteiger charge is -2.18. The van der Waals surface area contributed by atoms with Crippen molar-refractivity contribution in [3.8, 4) is 0 Å². The summed E-state index contributed by atoms with van der Waals surface area (Å²) in [5, 5.41) is 12.3. The Morgan fingerprint density at radius 1 is 1.04 bits per heavy atom. The maximum atomic E-state index is 6.02. The molecule has 120 valence electrons. The summed E-state index contributed by atoms with van der Waals surface area (Å²) < 4.78 is 0. The highest BCUT2D eigenvalue weighted by atomic mass is 35.5. The summed E-state index contributed by atoms with van der Waals surface area (Å²) in [6, 6.07) is 13.5. The Morgan fingerprint density at radius 2 is 1.83 bits per heavy atom. The maximum absolute atomic E-state index is 6.02. The summed E-state index contributed by atoms with van der Waals surface area (Å²) in [6.07, 6.45) is 2.66. The molecule has 1 aromatic heterocycles. The van der Waals surface area contributed by atoms with Crippen LogP contribution < -0.4 is 10.2 Å². The lowest BCUT2D eigenvalue weighted by Crippen LogP contribution is -2.16. The minimum atomic E-state index is 0.398. The van der Waals surface area contributed by atoms with Gasteiger partial charge in [0.05, 0.1) is 6.20 Å². The molecule has 1 N–H and O–H groups in total. The fraction of sp³-hybridized carbons (Fsp3) is 0.118. The van der Waals surface area contributed by atoms with E-state index in [0.29, 0.717) is 21.7 Å². The van der Waals surface area contributed by atoms with Gasteiger partial charge in [0.15, 0.2) is 5.82 Å². The van der Waals surface area contributed by atoms with E-state index in [1.807, 2.05) is 6.07 Å². The van der Waals surface area contributed by atoms with Gasteiger partial charge in [-0.2, -0.15) is 10.1 Å². The molecule has 2 heterocycles. The lowest BCUT2D eigenvalue weighted by molar-refractivity contribution is 0.920. The van der Waals surface area contributed by atoms with Crippen molar-refractivity contribution in [1.82, 2.24) is 15.2 Å². The van der Waals surface area contributed by atoms with E-state index in [4.69, 9.17) is 23.2 Å². The third-order valence-corrected chi connectivity index (χ3v) is 4.26. The summed E-state index contributed by atoms with van der Waals surface area (Å²) in [7, 11) is 0. The highest BCUT2D eigenvalue weighted by Crippen LogP contribution is 2.33. The zero-order valence-electron chi connectivity index (χ0n) is 12.6. The molecular weight excluding hydrogens is 345 g/mol. The number of benzene rings is 2. The normalized spacial score (nSPS) is 13.0. The Bertz CT molecular complexity index is 879. The van der Waals surface area contributed by atoms with Crippen molar-refractivity contribution in [3.05, 3.63) is 64.3 Å². The summed E-state index contributed by atoms with van der Waals surface area (Å²) in [4.78, 5) is 6.70. The third-order valence-electron chi connectivity index (χ3n) is 3.83. The SMILES string of the molecule is Clc1cc(Cl)cc(Nc2nncc(N3CCc4ccccc43)n2)c1. The van der Waals surface area contributed by atoms with E-state index in [1.165, 1.54) is 5.56 Å². The van der Waals surface area contributed by atoms with Crippen molar-refractivity contribution in [3.63, 3.8) is 0 Å². The predicted octanol–water partition coefficient (Wildman–Crippen LogP) is 4.62. The lowest BCUT2D eigenvalue weighted by atomic mass is 10.2. The van der Waals surface area contributed by atoms with Crippen LogP contribution in [0.15, 0.2) is 48.7 Å². The average molecular weight is 358 g/mol. The van der Waals surface area contributed by atoms with Crippen LogP contribution in [0.1, 0.15) is 5.56 Å². The number of nitrogens with one attached hydrogen (secondary N) is 1. The highest BCUT2D eigenvalue weighted by molar-refractivity contribution is 6.35. The molecule has 4 rings (SSSR count). The first-order valence-electron chi connectivity index (χ1n) is 7.47. The Hall–Kier alpha value is -2.37. The van der Waals surface area contributed by atoms with E-state index < -0.39 is 0 Å². The number of rotatable bonds is 3. The summed E-state index contributed by atoms with van der Waals surface area (Å²) in [6.45, 7) is 0.875. The predicted molar refractivity (Wildman–Crippen MR) is 96.7 cm³/mol. The van der Waals surface area contributed by atoms with E-state index in [2.05, 4.69) is 43.6 Å². The van der Waals surface area contributed by atoms with Gasteiger partial charge in [-0.1, -0.05) is 41.4 Å². The van der Waals surface area contributed by atoms with Crippen LogP contribution in [-0.4, -0.2) is 21.7 Å². The van der Waals surface area contributed by atoms with Gasteiger partial charge in [0.2, 0.25) is 5.95 Å². The molecule has 0 aliphatic carbocycles. The van der Waals surface area contributed by atoms with E-state index in [-0.39, 0.29) is 0 Å². The van der Waals surface area contributed by atoms with Crippen LogP contribution in [0.5, 0.6) is 0 Å². The van der Waals surface area contributed by atoms with Crippen molar-refractivity contribution in [1.29, 1.82) is 0 Å². The molecule has 0 spiro atoms. The Balaban J connectivity index is 1.63. The molecule has 0 radical (unpaired) electrons. The van der Waals surface area contributed by atoms with Crippen LogP contribution in [0, 0.1) is 0 Å². The molecule has 0 unspecified atom stereocenters. The van der Waals surface area contributed by atoms with Crippen LogP contribution in [0.4, 0.5) is 23.1 Å². The zero-order chi connectivity index (χ0) is 16.5. The van der Waals surface area contributed by atoms with Gasteiger partial charge >= 0.3 is 0 Å². The number of anilines is 4. The number of nitrogens with zero attached hydrogens (tertiary/aromatic N) is 4. The Labute approximate surface area is 149 Å². The minimum Gasteiger partial charge on any atom is -0.324 e. The van der Waals surface area contributed by atoms with E-state index in [0.717, 1.165) is 24.5 Å². The fourth-order valence-electron chi connectivity index (χ4n) is 2.81. The topological polar surface area (TPSA) is 53.9 Å². The van der Waals surface area contributed by atoms with Gasteiger partial charge in [0, 0.05) is 28.0 Å². The van der Waals surface area contributed by atoms with Crippen LogP contribution in [0.3, 0.4) is 0 Å². The molecule has 1 aliphatic rings. The number of hydrogen-bond acceptors (Lipinski definition) is 5. The molecular formula is C17H13Cl2N5. The molecule has 0 fully saturated rings. The number of fused-ring (bicyclic) bond motifs is 1. The second kappa shape index (κ2) is 6.26. The van der Waals surface area contributed by atoms with Crippen molar-refractivity contribution >= 4 is 46.3 Å². The van der Waals surface area contributed by atoms with Crippen molar-refractivity contribution in [2.24, 2.45) is 0 Å². The van der Waals surface area contributed by atoms with Crippen LogP contribution >= 0.6 is 23.2 Å². The first kappa shape index (κ1) is 15.2. The average Bonchev–Trinajstić information content (AvgIpc) is 2.98. The molecule has 2 aromatic carbocycles. The third kappa shape index (κ3) is 3.00. The van der Waals surface area contributed by atoms with E-state index in [1.54, 1.807) is 24.4 Å². The zero-order valence-corrected chi connectivity index (χ0v) is 14.1. The smallest absolute Gasteiger partial charge is 0.249 e. The van der Waals surface area contributed by atoms with Crippen molar-refractivity contribution < 1.29 is 0 Å². The molecule has 1 aliphatic heterocycles. The molecule has 0 atom stereocenters. The minimum absolute atomic E-state index is 0.398. The largest absolute Gasteiger partial charge is 0.324 e. The van der Waals surface area contributed by atoms with Crippen LogP contribution in [-0.2, 0) is 6.42 Å². The number of hydrogen-bond donors (Lipinski definition) is 1. The molecule has 24 heavy (non-hydrogen) atoms. The standard InChI is InChI=1S/C17H13Cl2N5/c18-12-7-13(19)9-14(8-12)21-17-22-16(10-20-23-17)24-6-5-11-3-1-2-4-15(11)24/h1-4,7-10H,5-6H2,(H,21,22,23). The number of aromatic nitrogens is 3. The molecule has 7 heteroatoms. The second-order valence-electron chi connectivity index (χ2n) is 5.45. The van der Waals surface area contributed by atoms with Gasteiger partial charge < -0.3 is 10.2 Å². The Morgan fingerprint density at radius 3 is 2.67 bits per heavy atom. The van der Waals surface area contributed by atoms with Crippen LogP contribution in [0.2, 0.25) is 10.0 Å². The van der Waals surface area contributed by atoms with E-state index >= 15 is 0 Å².